The van der Waals surface area contributed by atoms with Crippen molar-refractivity contribution in [2.75, 3.05) is 6.54 Å². The third kappa shape index (κ3) is 5.97. The van der Waals surface area contributed by atoms with Gasteiger partial charge in [-0.1, -0.05) is 6.92 Å². The molecule has 2 atom stereocenters. The Balaban J connectivity index is 3.81. The van der Waals surface area contributed by atoms with Crippen molar-refractivity contribution in [1.29, 1.82) is 0 Å². The number of aliphatic carboxylic acids is 1. The first-order valence-corrected chi connectivity index (χ1v) is 4.89. The molecule has 2 amide bonds. The lowest BCUT2D eigenvalue weighted by Crippen LogP contribution is -2.43. The van der Waals surface area contributed by atoms with Crippen LogP contribution in [0.25, 0.3) is 0 Å². The Labute approximate surface area is 93.2 Å². The molecule has 7 heteroatoms. The van der Waals surface area contributed by atoms with Gasteiger partial charge >= 0.3 is 5.97 Å². The van der Waals surface area contributed by atoms with Crippen LogP contribution in [-0.4, -0.2) is 35.5 Å². The van der Waals surface area contributed by atoms with Gasteiger partial charge in [-0.05, 0) is 6.42 Å². The quantitative estimate of drug-likeness (QED) is 0.419. The fraction of sp³-hybridized carbons (Fsp3) is 0.667. The normalized spacial score (nSPS) is 13.9. The Morgan fingerprint density at radius 3 is 2.38 bits per heavy atom. The Kier molecular flexibility index (Phi) is 6.09. The third-order valence-electron chi connectivity index (χ3n) is 2.06. The van der Waals surface area contributed by atoms with Crippen molar-refractivity contribution >= 4 is 17.8 Å². The van der Waals surface area contributed by atoms with E-state index >= 15 is 0 Å². The Bertz CT molecular complexity index is 280. The molecule has 0 saturated carbocycles. The van der Waals surface area contributed by atoms with E-state index in [1.54, 1.807) is 0 Å². The molecule has 0 aliphatic rings. The summed E-state index contributed by atoms with van der Waals surface area (Å²) >= 11 is 0. The van der Waals surface area contributed by atoms with Crippen LogP contribution in [0.2, 0.25) is 0 Å². The van der Waals surface area contributed by atoms with Crippen molar-refractivity contribution < 1.29 is 19.5 Å². The smallest absolute Gasteiger partial charge is 0.306 e. The van der Waals surface area contributed by atoms with Crippen molar-refractivity contribution in [3.05, 3.63) is 0 Å². The second-order valence-electron chi connectivity index (χ2n) is 3.60. The van der Waals surface area contributed by atoms with Gasteiger partial charge in [0.15, 0.2) is 0 Å². The minimum absolute atomic E-state index is 0.207. The maximum atomic E-state index is 11.2. The van der Waals surface area contributed by atoms with E-state index in [1.165, 1.54) is 6.92 Å². The van der Waals surface area contributed by atoms with E-state index in [0.717, 1.165) is 0 Å². The van der Waals surface area contributed by atoms with E-state index in [0.29, 0.717) is 6.42 Å². The van der Waals surface area contributed by atoms with Crippen molar-refractivity contribution in [1.82, 2.24) is 5.32 Å². The highest BCUT2D eigenvalue weighted by molar-refractivity contribution is 5.87. The van der Waals surface area contributed by atoms with E-state index < -0.39 is 29.7 Å². The van der Waals surface area contributed by atoms with Gasteiger partial charge in [-0.3, -0.25) is 14.4 Å². The summed E-state index contributed by atoms with van der Waals surface area (Å²) in [6.45, 7) is 1.75. The van der Waals surface area contributed by atoms with Gasteiger partial charge in [0, 0.05) is 6.54 Å². The fourth-order valence-corrected chi connectivity index (χ4v) is 0.976. The van der Waals surface area contributed by atoms with Gasteiger partial charge in [0.1, 0.15) is 0 Å². The summed E-state index contributed by atoms with van der Waals surface area (Å²) in [7, 11) is 0. The molecule has 6 N–H and O–H groups in total. The third-order valence-corrected chi connectivity index (χ3v) is 2.06. The van der Waals surface area contributed by atoms with E-state index in [-0.39, 0.29) is 13.0 Å². The Morgan fingerprint density at radius 1 is 1.38 bits per heavy atom. The molecule has 0 rings (SSSR count). The summed E-state index contributed by atoms with van der Waals surface area (Å²) in [6.07, 6.45) is 0.0880. The first-order valence-electron chi connectivity index (χ1n) is 4.89. The first kappa shape index (κ1) is 14.4. The molecule has 0 aromatic heterocycles. The number of amides is 2. The summed E-state index contributed by atoms with van der Waals surface area (Å²) in [6, 6.07) is -0.974. The second kappa shape index (κ2) is 6.78. The average Bonchev–Trinajstić information content (AvgIpc) is 2.15. The predicted molar refractivity (Wildman–Crippen MR) is 56.2 cm³/mol. The average molecular weight is 231 g/mol. The maximum Gasteiger partial charge on any atom is 0.306 e. The molecule has 0 aliphatic heterocycles. The SMILES string of the molecule is CC(CCNC(=O)C(N)CC(N)=O)C(=O)O. The van der Waals surface area contributed by atoms with Crippen LogP contribution in [-0.2, 0) is 14.4 Å². The molecule has 0 saturated heterocycles. The molecule has 7 nitrogen and oxygen atoms in total. The highest BCUT2D eigenvalue weighted by Gasteiger charge is 2.16. The van der Waals surface area contributed by atoms with Gasteiger partial charge in [-0.15, -0.1) is 0 Å². The van der Waals surface area contributed by atoms with Crippen LogP contribution in [0.5, 0.6) is 0 Å². The number of carbonyl (C=O) groups excluding carboxylic acids is 2. The second-order valence-corrected chi connectivity index (χ2v) is 3.60. The Morgan fingerprint density at radius 2 is 1.94 bits per heavy atom. The van der Waals surface area contributed by atoms with E-state index in [9.17, 15) is 14.4 Å². The number of carbonyl (C=O) groups is 3. The number of nitrogens with one attached hydrogen (secondary N) is 1. The summed E-state index contributed by atoms with van der Waals surface area (Å²) in [5, 5.41) is 11.0. The van der Waals surface area contributed by atoms with Crippen LogP contribution in [0.15, 0.2) is 0 Å². The molecule has 0 radical (unpaired) electrons. The molecule has 2 unspecified atom stereocenters. The maximum absolute atomic E-state index is 11.2. The molecule has 0 aromatic rings. The number of carboxylic acid groups (broad SMARTS) is 1. The van der Waals surface area contributed by atoms with Gasteiger partial charge in [0.05, 0.1) is 18.4 Å². The molecule has 0 fully saturated rings. The van der Waals surface area contributed by atoms with Crippen molar-refractivity contribution in [2.24, 2.45) is 17.4 Å². The van der Waals surface area contributed by atoms with Gasteiger partial charge in [0.2, 0.25) is 11.8 Å². The van der Waals surface area contributed by atoms with Crippen molar-refractivity contribution in [3.63, 3.8) is 0 Å². The standard InChI is InChI=1S/C9H17N3O4/c1-5(9(15)16)2-3-12-8(14)6(10)4-7(11)13/h5-6H,2-4,10H2,1H3,(H2,11,13)(H,12,14)(H,15,16). The minimum atomic E-state index is -0.974. The number of hydrogen-bond donors (Lipinski definition) is 4. The largest absolute Gasteiger partial charge is 0.481 e. The van der Waals surface area contributed by atoms with Gasteiger partial charge in [0.25, 0.3) is 0 Å². The lowest BCUT2D eigenvalue weighted by atomic mass is 10.1. The summed E-state index contributed by atoms with van der Waals surface area (Å²) in [5.41, 5.74) is 10.2. The number of rotatable bonds is 7. The van der Waals surface area contributed by atoms with E-state index in [1.807, 2.05) is 0 Å². The number of carboxylic acids is 1. The highest BCUT2D eigenvalue weighted by Crippen LogP contribution is 1.99. The molecule has 0 aliphatic carbocycles. The molecule has 0 bridgehead atoms. The Hall–Kier alpha value is -1.63. The van der Waals surface area contributed by atoms with Crippen LogP contribution in [0.1, 0.15) is 19.8 Å². The topological polar surface area (TPSA) is 136 Å². The molecule has 0 spiro atoms. The molecule has 0 aromatic carbocycles. The van der Waals surface area contributed by atoms with E-state index in [2.05, 4.69) is 5.32 Å². The van der Waals surface area contributed by atoms with Crippen LogP contribution < -0.4 is 16.8 Å². The summed E-state index contributed by atoms with van der Waals surface area (Å²) < 4.78 is 0. The van der Waals surface area contributed by atoms with Crippen LogP contribution in [0.4, 0.5) is 0 Å². The highest BCUT2D eigenvalue weighted by atomic mass is 16.4. The van der Waals surface area contributed by atoms with Crippen molar-refractivity contribution in [3.8, 4) is 0 Å². The zero-order valence-electron chi connectivity index (χ0n) is 9.10. The fourth-order valence-electron chi connectivity index (χ4n) is 0.976. The number of hydrogen-bond acceptors (Lipinski definition) is 4. The lowest BCUT2D eigenvalue weighted by molar-refractivity contribution is -0.141. The lowest BCUT2D eigenvalue weighted by Gasteiger charge is -2.11. The number of primary amides is 1. The zero-order valence-corrected chi connectivity index (χ0v) is 9.10. The van der Waals surface area contributed by atoms with Gasteiger partial charge < -0.3 is 21.9 Å². The molecule has 16 heavy (non-hydrogen) atoms. The van der Waals surface area contributed by atoms with Gasteiger partial charge in [-0.2, -0.15) is 0 Å². The first-order chi connectivity index (χ1) is 7.34. The minimum Gasteiger partial charge on any atom is -0.481 e. The van der Waals surface area contributed by atoms with Crippen LogP contribution in [0.3, 0.4) is 0 Å². The molecule has 92 valence electrons. The monoisotopic (exact) mass is 231 g/mol. The summed E-state index contributed by atoms with van der Waals surface area (Å²) in [5.74, 6) is -2.61. The van der Waals surface area contributed by atoms with E-state index in [4.69, 9.17) is 16.6 Å². The summed E-state index contributed by atoms with van der Waals surface area (Å²) in [4.78, 5) is 32.2. The molecular formula is C9H17N3O4. The molecular weight excluding hydrogens is 214 g/mol. The zero-order chi connectivity index (χ0) is 12.7. The van der Waals surface area contributed by atoms with Crippen LogP contribution >= 0.6 is 0 Å². The van der Waals surface area contributed by atoms with Crippen molar-refractivity contribution in [2.45, 2.75) is 25.8 Å². The van der Waals surface area contributed by atoms with Gasteiger partial charge in [-0.25, -0.2) is 0 Å². The number of nitrogens with two attached hydrogens (primary N) is 2. The van der Waals surface area contributed by atoms with Crippen LogP contribution in [0, 0.1) is 5.92 Å². The molecule has 0 heterocycles. The predicted octanol–water partition coefficient (Wildman–Crippen LogP) is -1.58.